The first kappa shape index (κ1) is 22.0. The van der Waals surface area contributed by atoms with Gasteiger partial charge in [0, 0.05) is 37.8 Å². The van der Waals surface area contributed by atoms with Gasteiger partial charge in [0.15, 0.2) is 5.96 Å². The summed E-state index contributed by atoms with van der Waals surface area (Å²) in [6.07, 6.45) is 1.01. The van der Waals surface area contributed by atoms with Gasteiger partial charge in [-0.05, 0) is 18.6 Å². The molecule has 0 radical (unpaired) electrons. The summed E-state index contributed by atoms with van der Waals surface area (Å²) in [6.45, 7) is 3.90. The minimum atomic E-state index is -0.00346. The van der Waals surface area contributed by atoms with Crippen molar-refractivity contribution in [3.63, 3.8) is 0 Å². The Bertz CT molecular complexity index is 468. The lowest BCUT2D eigenvalue weighted by molar-refractivity contribution is -0.127. The predicted octanol–water partition coefficient (Wildman–Crippen LogP) is 2.43. The van der Waals surface area contributed by atoms with Crippen molar-refractivity contribution in [2.45, 2.75) is 18.2 Å². The van der Waals surface area contributed by atoms with E-state index in [2.05, 4.69) is 34.7 Å². The van der Waals surface area contributed by atoms with E-state index in [1.165, 1.54) is 4.90 Å². The summed E-state index contributed by atoms with van der Waals surface area (Å²) < 4.78 is 0. The maximum atomic E-state index is 11.6. The summed E-state index contributed by atoms with van der Waals surface area (Å²) in [5.74, 6) is 1.64. The van der Waals surface area contributed by atoms with Gasteiger partial charge in [-0.2, -0.15) is 0 Å². The van der Waals surface area contributed by atoms with Crippen molar-refractivity contribution in [1.29, 1.82) is 0 Å². The average molecular weight is 450 g/mol. The number of aliphatic imine (C=N–C) groups is 1. The van der Waals surface area contributed by atoms with Crippen LogP contribution in [0.1, 0.15) is 13.3 Å². The molecule has 0 saturated heterocycles. The fourth-order valence-electron chi connectivity index (χ4n) is 1.56. The molecule has 0 aromatic heterocycles. The van der Waals surface area contributed by atoms with E-state index >= 15 is 0 Å². The second-order valence-corrected chi connectivity index (χ2v) is 6.14. The Balaban J connectivity index is 0.00000484. The molecule has 7 heteroatoms. The van der Waals surface area contributed by atoms with Crippen LogP contribution in [0.25, 0.3) is 0 Å². The van der Waals surface area contributed by atoms with Gasteiger partial charge in [-0.15, -0.1) is 35.7 Å². The topological polar surface area (TPSA) is 56.7 Å². The average Bonchev–Trinajstić information content (AvgIpc) is 2.53. The van der Waals surface area contributed by atoms with Crippen LogP contribution in [0.15, 0.2) is 40.2 Å². The number of guanidine groups is 1. The molecule has 130 valence electrons. The Kier molecular flexibility index (Phi) is 12.9. The molecule has 0 atom stereocenters. The zero-order chi connectivity index (χ0) is 16.2. The van der Waals surface area contributed by atoms with Gasteiger partial charge in [0.25, 0.3) is 0 Å². The van der Waals surface area contributed by atoms with Crippen LogP contribution in [0.5, 0.6) is 0 Å². The van der Waals surface area contributed by atoms with Gasteiger partial charge in [-0.1, -0.05) is 25.1 Å². The van der Waals surface area contributed by atoms with Crippen LogP contribution in [0.2, 0.25) is 0 Å². The zero-order valence-corrected chi connectivity index (χ0v) is 17.2. The number of carbonyl (C=O) groups excluding carboxylic acids is 1. The molecule has 1 aromatic carbocycles. The molecule has 0 saturated carbocycles. The summed E-state index contributed by atoms with van der Waals surface area (Å²) in [7, 11) is 3.47. The summed E-state index contributed by atoms with van der Waals surface area (Å²) in [5, 5.41) is 6.49. The van der Waals surface area contributed by atoms with Crippen molar-refractivity contribution in [3.05, 3.63) is 30.3 Å². The van der Waals surface area contributed by atoms with Gasteiger partial charge in [0.2, 0.25) is 5.91 Å². The fourth-order valence-corrected chi connectivity index (χ4v) is 2.35. The molecule has 23 heavy (non-hydrogen) atoms. The Morgan fingerprint density at radius 2 is 1.83 bits per heavy atom. The first-order valence-corrected chi connectivity index (χ1v) is 8.52. The maximum absolute atomic E-state index is 11.6. The molecule has 0 fully saturated rings. The summed E-state index contributed by atoms with van der Waals surface area (Å²) in [6, 6.07) is 10.3. The van der Waals surface area contributed by atoms with Gasteiger partial charge in [-0.25, -0.2) is 4.99 Å². The van der Waals surface area contributed by atoms with Crippen molar-refractivity contribution in [2.24, 2.45) is 4.99 Å². The number of likely N-dealkylation sites (N-methyl/N-ethyl adjacent to an activating group) is 1. The van der Waals surface area contributed by atoms with E-state index < -0.39 is 0 Å². The van der Waals surface area contributed by atoms with E-state index in [-0.39, 0.29) is 36.4 Å². The zero-order valence-electron chi connectivity index (χ0n) is 14.0. The highest BCUT2D eigenvalue weighted by atomic mass is 127. The SMILES string of the molecule is CCCNC(=NCC(=O)N(C)C)NCCSc1ccccc1.I. The fraction of sp³-hybridized carbons (Fsp3) is 0.500. The number of amides is 1. The van der Waals surface area contributed by atoms with Crippen LogP contribution < -0.4 is 10.6 Å². The highest BCUT2D eigenvalue weighted by Gasteiger charge is 2.04. The summed E-state index contributed by atoms with van der Waals surface area (Å²) in [5.41, 5.74) is 0. The van der Waals surface area contributed by atoms with Gasteiger partial charge >= 0.3 is 0 Å². The highest BCUT2D eigenvalue weighted by Crippen LogP contribution is 2.15. The number of nitrogens with zero attached hydrogens (tertiary/aromatic N) is 2. The Morgan fingerprint density at radius 3 is 2.43 bits per heavy atom. The molecule has 0 unspecified atom stereocenters. The van der Waals surface area contributed by atoms with Crippen LogP contribution in [0, 0.1) is 0 Å². The number of carbonyl (C=O) groups is 1. The molecule has 0 heterocycles. The smallest absolute Gasteiger partial charge is 0.243 e. The summed E-state index contributed by atoms with van der Waals surface area (Å²) in [4.78, 5) is 18.7. The van der Waals surface area contributed by atoms with Crippen LogP contribution in [0.3, 0.4) is 0 Å². The minimum absolute atomic E-state index is 0. The second-order valence-electron chi connectivity index (χ2n) is 4.97. The first-order chi connectivity index (χ1) is 10.6. The molecule has 0 aliphatic heterocycles. The van der Waals surface area contributed by atoms with Crippen molar-refractivity contribution in [1.82, 2.24) is 15.5 Å². The molecule has 0 aliphatic carbocycles. The Labute approximate surface area is 160 Å². The third-order valence-corrected chi connectivity index (χ3v) is 3.83. The third kappa shape index (κ3) is 10.4. The van der Waals surface area contributed by atoms with Gasteiger partial charge in [0.1, 0.15) is 6.54 Å². The second kappa shape index (κ2) is 13.5. The number of rotatable bonds is 8. The number of halogens is 1. The Morgan fingerprint density at radius 1 is 1.17 bits per heavy atom. The van der Waals surface area contributed by atoms with Crippen molar-refractivity contribution >= 4 is 47.6 Å². The molecule has 0 bridgehead atoms. The van der Waals surface area contributed by atoms with Gasteiger partial charge < -0.3 is 15.5 Å². The molecule has 1 amide bonds. The summed E-state index contributed by atoms with van der Waals surface area (Å²) >= 11 is 1.80. The van der Waals surface area contributed by atoms with Crippen molar-refractivity contribution in [3.8, 4) is 0 Å². The molecule has 0 aliphatic rings. The lowest BCUT2D eigenvalue weighted by Gasteiger charge is -2.13. The molecular weight excluding hydrogens is 423 g/mol. The quantitative estimate of drug-likeness (QED) is 0.210. The largest absolute Gasteiger partial charge is 0.356 e. The maximum Gasteiger partial charge on any atom is 0.243 e. The van der Waals surface area contributed by atoms with E-state index in [0.717, 1.165) is 25.3 Å². The predicted molar refractivity (Wildman–Crippen MR) is 110 cm³/mol. The van der Waals surface area contributed by atoms with Gasteiger partial charge in [0.05, 0.1) is 0 Å². The van der Waals surface area contributed by atoms with E-state index in [0.29, 0.717) is 5.96 Å². The lowest BCUT2D eigenvalue weighted by Crippen LogP contribution is -2.39. The monoisotopic (exact) mass is 450 g/mol. The number of thioether (sulfide) groups is 1. The number of hydrogen-bond acceptors (Lipinski definition) is 3. The van der Waals surface area contributed by atoms with Crippen LogP contribution in [-0.2, 0) is 4.79 Å². The van der Waals surface area contributed by atoms with Crippen molar-refractivity contribution in [2.75, 3.05) is 39.5 Å². The molecule has 0 spiro atoms. The van der Waals surface area contributed by atoms with E-state index in [4.69, 9.17) is 0 Å². The highest BCUT2D eigenvalue weighted by molar-refractivity contribution is 14.0. The molecule has 5 nitrogen and oxygen atoms in total. The number of nitrogens with one attached hydrogen (secondary N) is 2. The first-order valence-electron chi connectivity index (χ1n) is 7.53. The van der Waals surface area contributed by atoms with E-state index in [1.807, 2.05) is 18.2 Å². The van der Waals surface area contributed by atoms with Crippen LogP contribution in [-0.4, -0.2) is 56.2 Å². The normalized spacial score (nSPS) is 10.7. The molecule has 1 aromatic rings. The van der Waals surface area contributed by atoms with E-state index in [9.17, 15) is 4.79 Å². The Hall–Kier alpha value is -0.960. The number of benzene rings is 1. The molecule has 1 rings (SSSR count). The standard InChI is InChI=1S/C16H26N4OS.HI/c1-4-10-17-16(19-13-15(21)20(2)3)18-11-12-22-14-8-6-5-7-9-14;/h5-9H,4,10-13H2,1-3H3,(H2,17,18,19);1H. The lowest BCUT2D eigenvalue weighted by atomic mass is 10.4. The van der Waals surface area contributed by atoms with E-state index in [1.54, 1.807) is 30.8 Å². The third-order valence-electron chi connectivity index (χ3n) is 2.82. The van der Waals surface area contributed by atoms with Gasteiger partial charge in [-0.3, -0.25) is 4.79 Å². The minimum Gasteiger partial charge on any atom is -0.356 e. The number of hydrogen-bond donors (Lipinski definition) is 2. The van der Waals surface area contributed by atoms with Crippen LogP contribution >= 0.6 is 35.7 Å². The molecular formula is C16H27IN4OS. The van der Waals surface area contributed by atoms with Crippen LogP contribution in [0.4, 0.5) is 0 Å². The van der Waals surface area contributed by atoms with Crippen molar-refractivity contribution < 1.29 is 4.79 Å². The molecule has 2 N–H and O–H groups in total.